The van der Waals surface area contributed by atoms with Crippen LogP contribution in [0.4, 0.5) is 4.39 Å². The van der Waals surface area contributed by atoms with E-state index < -0.39 is 0 Å². The molecule has 102 valence electrons. The third-order valence-electron chi connectivity index (χ3n) is 2.43. The van der Waals surface area contributed by atoms with Gasteiger partial charge in [-0.05, 0) is 25.2 Å². The summed E-state index contributed by atoms with van der Waals surface area (Å²) in [7, 11) is 3.47. The van der Waals surface area contributed by atoms with E-state index in [4.69, 9.17) is 0 Å². The molecule has 0 atom stereocenters. The van der Waals surface area contributed by atoms with Crippen LogP contribution >= 0.6 is 28.3 Å². The zero-order valence-electron chi connectivity index (χ0n) is 10.4. The number of hydrogen-bond acceptors (Lipinski definition) is 2. The van der Waals surface area contributed by atoms with E-state index >= 15 is 0 Å². The molecule has 0 aliphatic carbocycles. The molecule has 1 N–H and O–H groups in total. The van der Waals surface area contributed by atoms with Crippen molar-refractivity contribution in [2.45, 2.75) is 13.0 Å². The van der Waals surface area contributed by atoms with E-state index in [9.17, 15) is 9.18 Å². The second-order valence-corrected chi connectivity index (χ2v) is 4.75. The maximum atomic E-state index is 13.5. The van der Waals surface area contributed by atoms with Crippen molar-refractivity contribution in [1.29, 1.82) is 0 Å². The number of carbonyl (C=O) groups excluding carboxylic acids is 1. The first-order valence-electron chi connectivity index (χ1n) is 5.37. The average Bonchev–Trinajstić information content (AvgIpc) is 2.30. The Morgan fingerprint density at radius 1 is 1.50 bits per heavy atom. The lowest BCUT2D eigenvalue weighted by atomic mass is 10.2. The van der Waals surface area contributed by atoms with Crippen LogP contribution in [0.5, 0.6) is 0 Å². The topological polar surface area (TPSA) is 32.3 Å². The molecule has 0 aromatic heterocycles. The third-order valence-corrected chi connectivity index (χ3v) is 2.92. The molecule has 0 radical (unpaired) electrons. The van der Waals surface area contributed by atoms with Gasteiger partial charge in [-0.2, -0.15) is 0 Å². The smallest absolute Gasteiger partial charge is 0.223 e. The van der Waals surface area contributed by atoms with Crippen LogP contribution in [0, 0.1) is 5.82 Å². The van der Waals surface area contributed by atoms with Gasteiger partial charge in [0.05, 0.1) is 0 Å². The van der Waals surface area contributed by atoms with Gasteiger partial charge in [-0.3, -0.25) is 4.79 Å². The summed E-state index contributed by atoms with van der Waals surface area (Å²) in [6.07, 6.45) is 0.419. The lowest BCUT2D eigenvalue weighted by Crippen LogP contribution is -2.29. The van der Waals surface area contributed by atoms with Gasteiger partial charge in [-0.25, -0.2) is 4.39 Å². The van der Waals surface area contributed by atoms with Gasteiger partial charge in [0.1, 0.15) is 5.82 Å². The molecule has 0 saturated carbocycles. The van der Waals surface area contributed by atoms with E-state index in [1.54, 1.807) is 26.2 Å². The van der Waals surface area contributed by atoms with E-state index in [0.717, 1.165) is 4.47 Å². The highest BCUT2D eigenvalue weighted by atomic mass is 79.9. The van der Waals surface area contributed by atoms with Crippen LogP contribution in [0.3, 0.4) is 0 Å². The molecule has 0 aliphatic heterocycles. The molecule has 0 spiro atoms. The summed E-state index contributed by atoms with van der Waals surface area (Å²) >= 11 is 3.29. The number of carbonyl (C=O) groups is 1. The standard InChI is InChI=1S/C12H16BrFN2O.ClH/c1-15-6-5-12(17)16(2)8-9-7-10(13)3-4-11(9)14;/h3-4,7,15H,5-6,8H2,1-2H3;1H. The van der Waals surface area contributed by atoms with E-state index in [0.29, 0.717) is 18.5 Å². The monoisotopic (exact) mass is 338 g/mol. The summed E-state index contributed by atoms with van der Waals surface area (Å²) in [5, 5.41) is 2.91. The predicted molar refractivity (Wildman–Crippen MR) is 76.4 cm³/mol. The maximum Gasteiger partial charge on any atom is 0.223 e. The molecule has 1 amide bonds. The van der Waals surface area contributed by atoms with Crippen molar-refractivity contribution in [3.8, 4) is 0 Å². The van der Waals surface area contributed by atoms with Crippen molar-refractivity contribution in [1.82, 2.24) is 10.2 Å². The molecule has 6 heteroatoms. The lowest BCUT2D eigenvalue weighted by molar-refractivity contribution is -0.130. The summed E-state index contributed by atoms with van der Waals surface area (Å²) in [6.45, 7) is 0.915. The summed E-state index contributed by atoms with van der Waals surface area (Å²) < 4.78 is 14.3. The summed E-state index contributed by atoms with van der Waals surface area (Å²) in [6, 6.07) is 4.73. The highest BCUT2D eigenvalue weighted by Gasteiger charge is 2.11. The number of hydrogen-bond donors (Lipinski definition) is 1. The minimum absolute atomic E-state index is 0. The van der Waals surface area contributed by atoms with Crippen LogP contribution in [0.25, 0.3) is 0 Å². The first-order valence-corrected chi connectivity index (χ1v) is 6.16. The van der Waals surface area contributed by atoms with Crippen LogP contribution < -0.4 is 5.32 Å². The Labute approximate surface area is 121 Å². The zero-order valence-corrected chi connectivity index (χ0v) is 12.8. The van der Waals surface area contributed by atoms with Crippen molar-refractivity contribution in [2.75, 3.05) is 20.6 Å². The first-order chi connectivity index (χ1) is 8.04. The Hall–Kier alpha value is -0.650. The summed E-state index contributed by atoms with van der Waals surface area (Å²) in [5.41, 5.74) is 0.514. The van der Waals surface area contributed by atoms with E-state index in [1.165, 1.54) is 11.0 Å². The molecule has 0 heterocycles. The number of nitrogens with one attached hydrogen (secondary N) is 1. The highest BCUT2D eigenvalue weighted by Crippen LogP contribution is 2.17. The Kier molecular flexibility index (Phi) is 8.15. The second kappa shape index (κ2) is 8.45. The van der Waals surface area contributed by atoms with E-state index in [-0.39, 0.29) is 30.7 Å². The van der Waals surface area contributed by atoms with Gasteiger partial charge < -0.3 is 10.2 Å². The van der Waals surface area contributed by atoms with Gasteiger partial charge in [-0.15, -0.1) is 12.4 Å². The van der Waals surface area contributed by atoms with Crippen molar-refractivity contribution in [3.63, 3.8) is 0 Å². The van der Waals surface area contributed by atoms with Gasteiger partial charge in [0.2, 0.25) is 5.91 Å². The molecule has 0 bridgehead atoms. The molecule has 1 aromatic carbocycles. The van der Waals surface area contributed by atoms with Crippen molar-refractivity contribution < 1.29 is 9.18 Å². The van der Waals surface area contributed by atoms with Gasteiger partial charge in [-0.1, -0.05) is 15.9 Å². The Bertz CT molecular complexity index is 404. The van der Waals surface area contributed by atoms with Gasteiger partial charge >= 0.3 is 0 Å². The Morgan fingerprint density at radius 3 is 2.78 bits per heavy atom. The molecule has 1 aromatic rings. The van der Waals surface area contributed by atoms with Crippen LogP contribution in [0.2, 0.25) is 0 Å². The molecule has 0 saturated heterocycles. The van der Waals surface area contributed by atoms with Crippen LogP contribution in [0.15, 0.2) is 22.7 Å². The highest BCUT2D eigenvalue weighted by molar-refractivity contribution is 9.10. The third kappa shape index (κ3) is 5.33. The SMILES string of the molecule is CNCCC(=O)N(C)Cc1cc(Br)ccc1F.Cl. The number of halogens is 3. The van der Waals surface area contributed by atoms with Crippen molar-refractivity contribution in [3.05, 3.63) is 34.1 Å². The largest absolute Gasteiger partial charge is 0.341 e. The molecule has 0 fully saturated rings. The fourth-order valence-electron chi connectivity index (χ4n) is 1.43. The lowest BCUT2D eigenvalue weighted by Gasteiger charge is -2.17. The second-order valence-electron chi connectivity index (χ2n) is 3.84. The molecule has 18 heavy (non-hydrogen) atoms. The summed E-state index contributed by atoms with van der Waals surface area (Å²) in [4.78, 5) is 13.2. The minimum atomic E-state index is -0.290. The molecule has 1 rings (SSSR count). The van der Waals surface area contributed by atoms with Gasteiger partial charge in [0.25, 0.3) is 0 Å². The number of amides is 1. The fourth-order valence-corrected chi connectivity index (χ4v) is 1.84. The van der Waals surface area contributed by atoms with Crippen LogP contribution in [-0.4, -0.2) is 31.4 Å². The van der Waals surface area contributed by atoms with Crippen molar-refractivity contribution >= 4 is 34.2 Å². The number of nitrogens with zero attached hydrogens (tertiary/aromatic N) is 1. The van der Waals surface area contributed by atoms with Gasteiger partial charge in [0, 0.05) is 36.6 Å². The maximum absolute atomic E-state index is 13.5. The Morgan fingerprint density at radius 2 is 2.17 bits per heavy atom. The number of benzene rings is 1. The number of rotatable bonds is 5. The normalized spacial score (nSPS) is 9.78. The predicted octanol–water partition coefficient (Wildman–Crippen LogP) is 2.58. The van der Waals surface area contributed by atoms with Crippen LogP contribution in [-0.2, 0) is 11.3 Å². The Balaban J connectivity index is 0.00000289. The average molecular weight is 340 g/mol. The summed E-state index contributed by atoms with van der Waals surface area (Å²) in [5.74, 6) is -0.291. The zero-order chi connectivity index (χ0) is 12.8. The van der Waals surface area contributed by atoms with Crippen molar-refractivity contribution in [2.24, 2.45) is 0 Å². The molecule has 0 aliphatic rings. The first kappa shape index (κ1) is 17.4. The molecule has 3 nitrogen and oxygen atoms in total. The fraction of sp³-hybridized carbons (Fsp3) is 0.417. The molecular weight excluding hydrogens is 322 g/mol. The van der Waals surface area contributed by atoms with E-state index in [1.807, 2.05) is 0 Å². The van der Waals surface area contributed by atoms with E-state index in [2.05, 4.69) is 21.2 Å². The molecular formula is C12H17BrClFN2O. The minimum Gasteiger partial charge on any atom is -0.341 e. The van der Waals surface area contributed by atoms with Gasteiger partial charge in [0.15, 0.2) is 0 Å². The molecule has 0 unspecified atom stereocenters. The quantitative estimate of drug-likeness (QED) is 0.894. The van der Waals surface area contributed by atoms with Crippen LogP contribution in [0.1, 0.15) is 12.0 Å².